The summed E-state index contributed by atoms with van der Waals surface area (Å²) in [7, 11) is 0. The average Bonchev–Trinajstić information content (AvgIpc) is 1.81. The molecule has 0 aliphatic carbocycles. The third kappa shape index (κ3) is 8.65. The monoisotopic (exact) mass is 188 g/mol. The van der Waals surface area contributed by atoms with Crippen molar-refractivity contribution in [3.63, 3.8) is 0 Å². The lowest BCUT2D eigenvalue weighted by Crippen LogP contribution is -2.46. The second kappa shape index (κ2) is 4.69. The van der Waals surface area contributed by atoms with Crippen LogP contribution in [0.15, 0.2) is 0 Å². The molecule has 0 rings (SSSR count). The van der Waals surface area contributed by atoms with Crippen LogP contribution in [0.4, 0.5) is 4.79 Å². The fourth-order valence-electron chi connectivity index (χ4n) is 0.668. The number of hydrogen-bond acceptors (Lipinski definition) is 2. The van der Waals surface area contributed by atoms with Gasteiger partial charge in [-0.15, -0.1) is 0 Å². The molecule has 0 aromatic carbocycles. The van der Waals surface area contributed by atoms with Gasteiger partial charge in [-0.3, -0.25) is 4.79 Å². The second-order valence-corrected chi connectivity index (χ2v) is 3.77. The Kier molecular flexibility index (Phi) is 4.23. The van der Waals surface area contributed by atoms with Gasteiger partial charge in [0.1, 0.15) is 0 Å². The Bertz CT molecular complexity index is 196. The molecule has 0 saturated carbocycles. The maximum Gasteiger partial charge on any atom is 0.315 e. The van der Waals surface area contributed by atoms with Crippen molar-refractivity contribution in [1.29, 1.82) is 0 Å². The van der Waals surface area contributed by atoms with Gasteiger partial charge in [-0.2, -0.15) is 0 Å². The Morgan fingerprint density at radius 2 is 1.85 bits per heavy atom. The van der Waals surface area contributed by atoms with Gasteiger partial charge in [0.05, 0.1) is 6.42 Å². The van der Waals surface area contributed by atoms with Crippen LogP contribution in [0.25, 0.3) is 0 Å². The molecule has 5 nitrogen and oxygen atoms in total. The number of carboxylic acid groups (broad SMARTS) is 1. The van der Waals surface area contributed by atoms with Crippen molar-refractivity contribution in [2.24, 2.45) is 0 Å². The van der Waals surface area contributed by atoms with E-state index in [2.05, 4.69) is 10.6 Å². The highest BCUT2D eigenvalue weighted by Crippen LogP contribution is 1.97. The van der Waals surface area contributed by atoms with Gasteiger partial charge in [-0.25, -0.2) is 4.79 Å². The Balaban J connectivity index is 3.59. The number of amides is 2. The average molecular weight is 188 g/mol. The van der Waals surface area contributed by atoms with Crippen molar-refractivity contribution < 1.29 is 14.7 Å². The molecule has 0 aromatic heterocycles. The molecular formula is C8H16N2O3. The lowest BCUT2D eigenvalue weighted by Gasteiger charge is -2.20. The van der Waals surface area contributed by atoms with Gasteiger partial charge < -0.3 is 15.7 Å². The molecule has 0 bridgehead atoms. The molecule has 0 spiro atoms. The van der Waals surface area contributed by atoms with Gasteiger partial charge in [-0.05, 0) is 20.8 Å². The number of aliphatic carboxylic acids is 1. The molecule has 2 amide bonds. The van der Waals surface area contributed by atoms with Crippen LogP contribution < -0.4 is 10.6 Å². The van der Waals surface area contributed by atoms with E-state index in [1.807, 2.05) is 20.8 Å². The summed E-state index contributed by atoms with van der Waals surface area (Å²) >= 11 is 0. The first kappa shape index (κ1) is 11.7. The molecule has 0 atom stereocenters. The number of carbonyl (C=O) groups is 2. The van der Waals surface area contributed by atoms with Crippen molar-refractivity contribution >= 4 is 12.0 Å². The van der Waals surface area contributed by atoms with E-state index >= 15 is 0 Å². The SMILES string of the molecule is CC(C)(C)NC(=O)NCCC(=O)O. The zero-order valence-electron chi connectivity index (χ0n) is 8.18. The third-order valence-electron chi connectivity index (χ3n) is 1.11. The smallest absolute Gasteiger partial charge is 0.315 e. The van der Waals surface area contributed by atoms with E-state index in [-0.39, 0.29) is 24.5 Å². The largest absolute Gasteiger partial charge is 0.481 e. The number of urea groups is 1. The summed E-state index contributed by atoms with van der Waals surface area (Å²) in [4.78, 5) is 21.1. The molecule has 0 heterocycles. The lowest BCUT2D eigenvalue weighted by molar-refractivity contribution is -0.136. The first-order valence-corrected chi connectivity index (χ1v) is 4.09. The summed E-state index contributed by atoms with van der Waals surface area (Å²) in [6, 6.07) is -0.339. The normalized spacial score (nSPS) is 10.7. The minimum Gasteiger partial charge on any atom is -0.481 e. The number of hydrogen-bond donors (Lipinski definition) is 3. The summed E-state index contributed by atoms with van der Waals surface area (Å²) in [5.74, 6) is -0.920. The van der Waals surface area contributed by atoms with E-state index in [0.29, 0.717) is 0 Å². The van der Waals surface area contributed by atoms with Crippen LogP contribution in [-0.4, -0.2) is 29.2 Å². The summed E-state index contributed by atoms with van der Waals surface area (Å²) < 4.78 is 0. The van der Waals surface area contributed by atoms with Gasteiger partial charge in [0.2, 0.25) is 0 Å². The third-order valence-corrected chi connectivity index (χ3v) is 1.11. The zero-order chi connectivity index (χ0) is 10.5. The van der Waals surface area contributed by atoms with Crippen molar-refractivity contribution in [3.8, 4) is 0 Å². The predicted octanol–water partition coefficient (Wildman–Crippen LogP) is 0.559. The van der Waals surface area contributed by atoms with Crippen molar-refractivity contribution in [2.45, 2.75) is 32.7 Å². The topological polar surface area (TPSA) is 78.4 Å². The molecule has 0 radical (unpaired) electrons. The molecular weight excluding hydrogens is 172 g/mol. The molecule has 0 aromatic rings. The number of rotatable bonds is 3. The first-order chi connectivity index (χ1) is 5.81. The lowest BCUT2D eigenvalue weighted by atomic mass is 10.1. The summed E-state index contributed by atoms with van der Waals surface area (Å²) in [6.07, 6.45) is -0.0580. The van der Waals surface area contributed by atoms with Gasteiger partial charge in [0.15, 0.2) is 0 Å². The fraction of sp³-hybridized carbons (Fsp3) is 0.750. The maximum absolute atomic E-state index is 11.0. The van der Waals surface area contributed by atoms with Crippen LogP contribution >= 0.6 is 0 Å². The molecule has 5 heteroatoms. The Hall–Kier alpha value is -1.26. The molecule has 0 fully saturated rings. The van der Waals surface area contributed by atoms with E-state index in [4.69, 9.17) is 5.11 Å². The van der Waals surface area contributed by atoms with E-state index < -0.39 is 5.97 Å². The minimum absolute atomic E-state index is 0.0580. The molecule has 3 N–H and O–H groups in total. The maximum atomic E-state index is 11.0. The van der Waals surface area contributed by atoms with Crippen LogP contribution in [0.3, 0.4) is 0 Å². The van der Waals surface area contributed by atoms with Crippen molar-refractivity contribution in [2.75, 3.05) is 6.54 Å². The molecule has 76 valence electrons. The molecule has 0 aliphatic rings. The number of carbonyl (C=O) groups excluding carboxylic acids is 1. The van der Waals surface area contributed by atoms with E-state index in [1.54, 1.807) is 0 Å². The zero-order valence-corrected chi connectivity index (χ0v) is 8.18. The Morgan fingerprint density at radius 3 is 2.23 bits per heavy atom. The second-order valence-electron chi connectivity index (χ2n) is 3.77. The van der Waals surface area contributed by atoms with E-state index in [9.17, 15) is 9.59 Å². The van der Waals surface area contributed by atoms with Crippen LogP contribution in [0.1, 0.15) is 27.2 Å². The predicted molar refractivity (Wildman–Crippen MR) is 48.5 cm³/mol. The molecule has 0 unspecified atom stereocenters. The Labute approximate surface area is 77.5 Å². The number of carboxylic acids is 1. The summed E-state index contributed by atoms with van der Waals surface area (Å²) in [5, 5.41) is 13.4. The summed E-state index contributed by atoms with van der Waals surface area (Å²) in [6.45, 7) is 5.70. The van der Waals surface area contributed by atoms with Crippen molar-refractivity contribution in [3.05, 3.63) is 0 Å². The van der Waals surface area contributed by atoms with Gasteiger partial charge in [0, 0.05) is 12.1 Å². The number of nitrogens with one attached hydrogen (secondary N) is 2. The molecule has 0 aliphatic heterocycles. The Morgan fingerprint density at radius 1 is 1.31 bits per heavy atom. The summed E-state index contributed by atoms with van der Waals surface area (Å²) in [5.41, 5.74) is -0.298. The highest BCUT2D eigenvalue weighted by Gasteiger charge is 2.12. The standard InChI is InChI=1S/C8H16N2O3/c1-8(2,3)10-7(13)9-5-4-6(11)12/h4-5H2,1-3H3,(H,11,12)(H2,9,10,13). The van der Waals surface area contributed by atoms with Gasteiger partial charge in [-0.1, -0.05) is 0 Å². The highest BCUT2D eigenvalue weighted by molar-refractivity contribution is 5.75. The van der Waals surface area contributed by atoms with E-state index in [0.717, 1.165) is 0 Å². The van der Waals surface area contributed by atoms with Gasteiger partial charge in [0.25, 0.3) is 0 Å². The minimum atomic E-state index is -0.920. The van der Waals surface area contributed by atoms with E-state index in [1.165, 1.54) is 0 Å². The molecule has 13 heavy (non-hydrogen) atoms. The van der Waals surface area contributed by atoms with Crippen LogP contribution in [0, 0.1) is 0 Å². The van der Waals surface area contributed by atoms with Crippen LogP contribution in [0.5, 0.6) is 0 Å². The van der Waals surface area contributed by atoms with Crippen LogP contribution in [0.2, 0.25) is 0 Å². The first-order valence-electron chi connectivity index (χ1n) is 4.09. The van der Waals surface area contributed by atoms with Crippen LogP contribution in [-0.2, 0) is 4.79 Å². The van der Waals surface area contributed by atoms with Crippen molar-refractivity contribution in [1.82, 2.24) is 10.6 Å². The highest BCUT2D eigenvalue weighted by atomic mass is 16.4. The van der Waals surface area contributed by atoms with Gasteiger partial charge >= 0.3 is 12.0 Å². The quantitative estimate of drug-likeness (QED) is 0.605. The molecule has 0 saturated heterocycles. The fourth-order valence-corrected chi connectivity index (χ4v) is 0.668.